The molecule has 1 heterocycles. The number of nitrogens with one attached hydrogen (secondary N) is 1. The van der Waals surface area contributed by atoms with Gasteiger partial charge in [0.25, 0.3) is 0 Å². The summed E-state index contributed by atoms with van der Waals surface area (Å²) in [7, 11) is 0. The first-order valence-electron chi connectivity index (χ1n) is 10.2. The lowest BCUT2D eigenvalue weighted by Gasteiger charge is -2.27. The summed E-state index contributed by atoms with van der Waals surface area (Å²) in [4.78, 5) is 37.3. The summed E-state index contributed by atoms with van der Waals surface area (Å²) in [5, 5.41) is 14.6. The Morgan fingerprint density at radius 1 is 1.13 bits per heavy atom. The van der Waals surface area contributed by atoms with Gasteiger partial charge < -0.3 is 15.2 Å². The minimum Gasteiger partial charge on any atom is -0.481 e. The van der Waals surface area contributed by atoms with Gasteiger partial charge in [-0.3, -0.25) is 9.59 Å². The van der Waals surface area contributed by atoms with E-state index in [1.54, 1.807) is 6.92 Å². The fourth-order valence-electron chi connectivity index (χ4n) is 3.92. The maximum absolute atomic E-state index is 12.9. The summed E-state index contributed by atoms with van der Waals surface area (Å²) < 4.78 is 5.25. The number of carboxylic acids is 1. The first kappa shape index (κ1) is 22.0. The molecule has 1 aromatic carbocycles. The number of anilines is 1. The van der Waals surface area contributed by atoms with Crippen LogP contribution >= 0.6 is 11.3 Å². The molecule has 0 saturated heterocycles. The van der Waals surface area contributed by atoms with E-state index < -0.39 is 23.8 Å². The third-order valence-electron chi connectivity index (χ3n) is 5.75. The van der Waals surface area contributed by atoms with Crippen molar-refractivity contribution >= 4 is 34.2 Å². The van der Waals surface area contributed by atoms with E-state index in [1.165, 1.54) is 11.3 Å². The van der Waals surface area contributed by atoms with Crippen LogP contribution in [0.5, 0.6) is 0 Å². The van der Waals surface area contributed by atoms with Crippen LogP contribution in [-0.4, -0.2) is 29.6 Å². The van der Waals surface area contributed by atoms with Crippen molar-refractivity contribution in [3.63, 3.8) is 0 Å². The highest BCUT2D eigenvalue weighted by Crippen LogP contribution is 2.38. The smallest absolute Gasteiger partial charge is 0.341 e. The van der Waals surface area contributed by atoms with Gasteiger partial charge in [0, 0.05) is 10.9 Å². The maximum Gasteiger partial charge on any atom is 0.341 e. The molecule has 2 atom stereocenters. The van der Waals surface area contributed by atoms with E-state index in [1.807, 2.05) is 37.4 Å². The second kappa shape index (κ2) is 9.43. The van der Waals surface area contributed by atoms with Crippen LogP contribution in [0.3, 0.4) is 0 Å². The predicted molar refractivity (Wildman–Crippen MR) is 117 cm³/mol. The number of hydrogen-bond donors (Lipinski definition) is 2. The number of thiophene rings is 1. The Kier molecular flexibility index (Phi) is 6.92. The van der Waals surface area contributed by atoms with Crippen molar-refractivity contribution in [2.45, 2.75) is 46.5 Å². The molecule has 1 aliphatic carbocycles. The van der Waals surface area contributed by atoms with Crippen LogP contribution in [0.2, 0.25) is 0 Å². The summed E-state index contributed by atoms with van der Waals surface area (Å²) in [5.74, 6) is -3.08. The van der Waals surface area contributed by atoms with Crippen LogP contribution in [0.1, 0.15) is 54.1 Å². The van der Waals surface area contributed by atoms with E-state index in [-0.39, 0.29) is 12.5 Å². The monoisotopic (exact) mass is 429 g/mol. The molecule has 7 heteroatoms. The zero-order valence-corrected chi connectivity index (χ0v) is 18.3. The third kappa shape index (κ3) is 4.56. The zero-order chi connectivity index (χ0) is 21.8. The third-order valence-corrected chi connectivity index (χ3v) is 6.64. The van der Waals surface area contributed by atoms with Crippen LogP contribution in [-0.2, 0) is 14.3 Å². The van der Waals surface area contributed by atoms with E-state index >= 15 is 0 Å². The van der Waals surface area contributed by atoms with E-state index in [4.69, 9.17) is 4.74 Å². The number of aliphatic carboxylic acids is 1. The topological polar surface area (TPSA) is 92.7 Å². The number of ether oxygens (including phenoxy) is 1. The molecule has 2 aromatic rings. The standard InChI is InChI=1S/C23H27NO5S/c1-4-29-23(28)19-18(15-10-9-13(2)14(3)11-15)12-30-21(19)24-20(25)16-7-5-6-8-17(16)22(26)27/h9-12,16-17H,4-8H2,1-3H3,(H,24,25)(H,26,27)/t16-,17+/m1/s1. The van der Waals surface area contributed by atoms with Crippen molar-refractivity contribution in [3.8, 4) is 11.1 Å². The molecule has 0 aliphatic heterocycles. The second-order valence-corrected chi connectivity index (χ2v) is 8.58. The van der Waals surface area contributed by atoms with Gasteiger partial charge in [-0.05, 0) is 50.3 Å². The lowest BCUT2D eigenvalue weighted by Crippen LogP contribution is -2.36. The molecule has 160 valence electrons. The molecule has 1 aliphatic rings. The fourth-order valence-corrected chi connectivity index (χ4v) is 4.88. The molecular weight excluding hydrogens is 402 g/mol. The van der Waals surface area contributed by atoms with Gasteiger partial charge in [0.1, 0.15) is 10.6 Å². The Bertz CT molecular complexity index is 964. The molecule has 0 unspecified atom stereocenters. The van der Waals surface area contributed by atoms with Crippen LogP contribution in [0, 0.1) is 25.7 Å². The van der Waals surface area contributed by atoms with E-state index in [2.05, 4.69) is 5.32 Å². The Morgan fingerprint density at radius 2 is 1.83 bits per heavy atom. The van der Waals surface area contributed by atoms with Crippen molar-refractivity contribution in [3.05, 3.63) is 40.3 Å². The SMILES string of the molecule is CCOC(=O)c1c(-c2ccc(C)c(C)c2)csc1NC(=O)[C@@H]1CCCC[C@@H]1C(=O)O. The van der Waals surface area contributed by atoms with Crippen molar-refractivity contribution in [2.24, 2.45) is 11.8 Å². The van der Waals surface area contributed by atoms with Gasteiger partial charge >= 0.3 is 11.9 Å². The number of carboxylic acid groups (broad SMARTS) is 1. The van der Waals surface area contributed by atoms with Crippen LogP contribution in [0.4, 0.5) is 5.00 Å². The fraction of sp³-hybridized carbons (Fsp3) is 0.435. The number of carbonyl (C=O) groups is 3. The van der Waals surface area contributed by atoms with Crippen LogP contribution in [0.15, 0.2) is 23.6 Å². The molecule has 6 nitrogen and oxygen atoms in total. The Balaban J connectivity index is 1.95. The number of esters is 1. The number of amides is 1. The van der Waals surface area contributed by atoms with Crippen molar-refractivity contribution in [2.75, 3.05) is 11.9 Å². The highest BCUT2D eigenvalue weighted by Gasteiger charge is 2.36. The largest absolute Gasteiger partial charge is 0.481 e. The molecule has 0 radical (unpaired) electrons. The molecule has 1 fully saturated rings. The Labute approximate surface area is 180 Å². The van der Waals surface area contributed by atoms with Crippen molar-refractivity contribution < 1.29 is 24.2 Å². The molecule has 1 amide bonds. The molecule has 0 spiro atoms. The van der Waals surface area contributed by atoms with Crippen molar-refractivity contribution in [1.82, 2.24) is 0 Å². The molecule has 2 N–H and O–H groups in total. The van der Waals surface area contributed by atoms with Crippen LogP contribution < -0.4 is 5.32 Å². The molecule has 1 aromatic heterocycles. The van der Waals surface area contributed by atoms with Gasteiger partial charge in [-0.25, -0.2) is 4.79 Å². The average molecular weight is 430 g/mol. The Hall–Kier alpha value is -2.67. The summed E-state index contributed by atoms with van der Waals surface area (Å²) in [6.07, 6.45) is 2.67. The number of hydrogen-bond acceptors (Lipinski definition) is 5. The van der Waals surface area contributed by atoms with Gasteiger partial charge in [0.2, 0.25) is 5.91 Å². The second-order valence-electron chi connectivity index (χ2n) is 7.70. The Morgan fingerprint density at radius 3 is 2.47 bits per heavy atom. The summed E-state index contributed by atoms with van der Waals surface area (Å²) in [5.41, 5.74) is 4.15. The minimum atomic E-state index is -0.942. The first-order chi connectivity index (χ1) is 14.3. The summed E-state index contributed by atoms with van der Waals surface area (Å²) in [6, 6.07) is 5.95. The van der Waals surface area contributed by atoms with E-state index in [9.17, 15) is 19.5 Å². The normalized spacial score (nSPS) is 18.6. The van der Waals surface area contributed by atoms with Gasteiger partial charge in [0.05, 0.1) is 18.4 Å². The number of rotatable bonds is 6. The van der Waals surface area contributed by atoms with Gasteiger partial charge in [-0.15, -0.1) is 11.3 Å². The molecule has 0 bridgehead atoms. The van der Waals surface area contributed by atoms with Gasteiger partial charge in [-0.1, -0.05) is 31.0 Å². The predicted octanol–water partition coefficient (Wildman–Crippen LogP) is 5.04. The number of carbonyl (C=O) groups excluding carboxylic acids is 2. The summed E-state index contributed by atoms with van der Waals surface area (Å²) >= 11 is 1.26. The zero-order valence-electron chi connectivity index (χ0n) is 17.5. The lowest BCUT2D eigenvalue weighted by atomic mass is 9.79. The summed E-state index contributed by atoms with van der Waals surface area (Å²) in [6.45, 7) is 5.98. The molecule has 1 saturated carbocycles. The minimum absolute atomic E-state index is 0.220. The maximum atomic E-state index is 12.9. The molecule has 30 heavy (non-hydrogen) atoms. The van der Waals surface area contributed by atoms with Gasteiger partial charge in [0.15, 0.2) is 0 Å². The van der Waals surface area contributed by atoms with Crippen LogP contribution in [0.25, 0.3) is 11.1 Å². The highest BCUT2D eigenvalue weighted by atomic mass is 32.1. The quantitative estimate of drug-likeness (QED) is 0.628. The van der Waals surface area contributed by atoms with E-state index in [0.717, 1.165) is 29.5 Å². The number of aryl methyl sites for hydroxylation is 2. The average Bonchev–Trinajstić information content (AvgIpc) is 3.13. The first-order valence-corrected chi connectivity index (χ1v) is 11.1. The van der Waals surface area contributed by atoms with Crippen molar-refractivity contribution in [1.29, 1.82) is 0 Å². The number of benzene rings is 1. The lowest BCUT2D eigenvalue weighted by molar-refractivity contribution is -0.147. The molecule has 3 rings (SSSR count). The van der Waals surface area contributed by atoms with E-state index in [0.29, 0.717) is 29.0 Å². The highest BCUT2D eigenvalue weighted by molar-refractivity contribution is 7.15. The molecular formula is C23H27NO5S. The van der Waals surface area contributed by atoms with Gasteiger partial charge in [-0.2, -0.15) is 0 Å².